The van der Waals surface area contributed by atoms with Crippen molar-refractivity contribution in [2.75, 3.05) is 32.7 Å². The molecule has 2 aromatic carbocycles. The van der Waals surface area contributed by atoms with Crippen LogP contribution in [0.3, 0.4) is 0 Å². The summed E-state index contributed by atoms with van der Waals surface area (Å²) in [6.07, 6.45) is 2.11. The van der Waals surface area contributed by atoms with Gasteiger partial charge in [0, 0.05) is 18.1 Å². The highest BCUT2D eigenvalue weighted by Gasteiger charge is 2.17. The molecule has 0 radical (unpaired) electrons. The summed E-state index contributed by atoms with van der Waals surface area (Å²) in [5.41, 5.74) is 2.40. The van der Waals surface area contributed by atoms with Crippen molar-refractivity contribution in [3.8, 4) is 11.5 Å². The van der Waals surface area contributed by atoms with Gasteiger partial charge < -0.3 is 19.5 Å². The number of hydrogen-bond acceptors (Lipinski definition) is 6. The van der Waals surface area contributed by atoms with E-state index in [0.29, 0.717) is 41.1 Å². The first-order valence-electron chi connectivity index (χ1n) is 9.27. The number of pyridine rings is 1. The molecule has 0 saturated heterocycles. The first kappa shape index (κ1) is 20.4. The third kappa shape index (κ3) is 4.56. The molecule has 3 rings (SSSR count). The van der Waals surface area contributed by atoms with Gasteiger partial charge in [0.05, 0.1) is 32.0 Å². The summed E-state index contributed by atoms with van der Waals surface area (Å²) in [6, 6.07) is 9.97. The highest BCUT2D eigenvalue weighted by molar-refractivity contribution is 6.04. The minimum atomic E-state index is -0.500. The van der Waals surface area contributed by atoms with Gasteiger partial charge in [0.15, 0.2) is 11.5 Å². The van der Waals surface area contributed by atoms with Crippen LogP contribution in [0.4, 0.5) is 10.1 Å². The average Bonchev–Trinajstić information content (AvgIpc) is 2.73. The zero-order valence-electron chi connectivity index (χ0n) is 16.6. The summed E-state index contributed by atoms with van der Waals surface area (Å²) in [7, 11) is 3.17. The Morgan fingerprint density at radius 1 is 1.10 bits per heavy atom. The van der Waals surface area contributed by atoms with Gasteiger partial charge in [0.2, 0.25) is 0 Å². The number of ether oxygens (including phenoxy) is 3. The van der Waals surface area contributed by atoms with E-state index < -0.39 is 11.8 Å². The molecule has 0 bridgehead atoms. The summed E-state index contributed by atoms with van der Waals surface area (Å²) in [6.45, 7) is 2.48. The molecule has 1 N–H and O–H groups in total. The Morgan fingerprint density at radius 2 is 1.90 bits per heavy atom. The molecule has 0 saturated carbocycles. The van der Waals surface area contributed by atoms with Crippen LogP contribution >= 0.6 is 0 Å². The molecule has 152 valence electrons. The largest absolute Gasteiger partial charge is 0.493 e. The van der Waals surface area contributed by atoms with E-state index >= 15 is 0 Å². The third-order valence-electron chi connectivity index (χ3n) is 4.49. The van der Waals surface area contributed by atoms with Crippen LogP contribution in [0, 0.1) is 5.82 Å². The Morgan fingerprint density at radius 3 is 2.62 bits per heavy atom. The quantitative estimate of drug-likeness (QED) is 0.573. The normalized spacial score (nSPS) is 10.6. The molecule has 0 aliphatic heterocycles. The van der Waals surface area contributed by atoms with Gasteiger partial charge in [0.1, 0.15) is 11.4 Å². The number of esters is 1. The number of hydrogen-bond donors (Lipinski definition) is 1. The maximum atomic E-state index is 13.8. The molecule has 1 heterocycles. The van der Waals surface area contributed by atoms with Crippen molar-refractivity contribution in [1.29, 1.82) is 0 Å². The van der Waals surface area contributed by atoms with Gasteiger partial charge in [-0.25, -0.2) is 9.18 Å². The smallest absolute Gasteiger partial charge is 0.341 e. The number of halogens is 1. The molecule has 3 aromatic rings. The molecule has 0 aliphatic rings. The van der Waals surface area contributed by atoms with E-state index in [9.17, 15) is 9.18 Å². The molecule has 7 heteroatoms. The summed E-state index contributed by atoms with van der Waals surface area (Å²) in [4.78, 5) is 16.6. The highest BCUT2D eigenvalue weighted by atomic mass is 19.1. The molecular formula is C22H23FN2O4. The number of carbonyl (C=O) groups is 1. The Bertz CT molecular complexity index is 1020. The van der Waals surface area contributed by atoms with E-state index in [0.717, 1.165) is 5.56 Å². The summed E-state index contributed by atoms with van der Waals surface area (Å²) in [5.74, 6) is 0.404. The second-order valence-corrected chi connectivity index (χ2v) is 6.29. The predicted octanol–water partition coefficient (Wildman–Crippen LogP) is 4.22. The molecule has 0 unspecified atom stereocenters. The number of aromatic nitrogens is 1. The van der Waals surface area contributed by atoms with Crippen LogP contribution in [0.15, 0.2) is 42.6 Å². The van der Waals surface area contributed by atoms with E-state index in [2.05, 4.69) is 10.3 Å². The number of fused-ring (bicyclic) bond motifs is 1. The standard InChI is InChI=1S/C22H23FN2O4/c1-4-29-22(26)17-13-25-18-7-6-15(23)12-16(18)21(17)24-10-9-14-5-8-19(27-2)20(11-14)28-3/h5-8,11-13H,4,9-10H2,1-3H3,(H,24,25). The van der Waals surface area contributed by atoms with Gasteiger partial charge in [-0.2, -0.15) is 0 Å². The SMILES string of the molecule is CCOC(=O)c1cnc2ccc(F)cc2c1NCCc1ccc(OC)c(OC)c1. The van der Waals surface area contributed by atoms with Gasteiger partial charge in [0.25, 0.3) is 0 Å². The van der Waals surface area contributed by atoms with Crippen LogP contribution in [-0.4, -0.2) is 38.3 Å². The first-order chi connectivity index (χ1) is 14.1. The Labute approximate surface area is 168 Å². The number of nitrogens with one attached hydrogen (secondary N) is 1. The molecule has 1 aromatic heterocycles. The second-order valence-electron chi connectivity index (χ2n) is 6.29. The Hall–Kier alpha value is -3.35. The predicted molar refractivity (Wildman–Crippen MR) is 109 cm³/mol. The van der Waals surface area contributed by atoms with Crippen LogP contribution in [0.2, 0.25) is 0 Å². The minimum Gasteiger partial charge on any atom is -0.493 e. The topological polar surface area (TPSA) is 69.7 Å². The van der Waals surface area contributed by atoms with Gasteiger partial charge in [-0.3, -0.25) is 4.98 Å². The lowest BCUT2D eigenvalue weighted by Crippen LogP contribution is -2.13. The maximum absolute atomic E-state index is 13.8. The maximum Gasteiger partial charge on any atom is 0.341 e. The minimum absolute atomic E-state index is 0.241. The molecular weight excluding hydrogens is 375 g/mol. The van der Waals surface area contributed by atoms with Crippen molar-refractivity contribution in [2.24, 2.45) is 0 Å². The van der Waals surface area contributed by atoms with Crippen molar-refractivity contribution in [3.63, 3.8) is 0 Å². The van der Waals surface area contributed by atoms with Crippen LogP contribution in [0.1, 0.15) is 22.8 Å². The van der Waals surface area contributed by atoms with E-state index in [1.54, 1.807) is 27.2 Å². The molecule has 0 fully saturated rings. The Kier molecular flexibility index (Phi) is 6.49. The monoisotopic (exact) mass is 398 g/mol. The van der Waals surface area contributed by atoms with Crippen LogP contribution < -0.4 is 14.8 Å². The molecule has 0 aliphatic carbocycles. The molecule has 29 heavy (non-hydrogen) atoms. The van der Waals surface area contributed by atoms with Crippen molar-refractivity contribution in [1.82, 2.24) is 4.98 Å². The molecule has 0 spiro atoms. The van der Waals surface area contributed by atoms with Gasteiger partial charge >= 0.3 is 5.97 Å². The molecule has 0 amide bonds. The number of nitrogens with zero attached hydrogens (tertiary/aromatic N) is 1. The van der Waals surface area contributed by atoms with Crippen LogP contribution in [0.25, 0.3) is 10.9 Å². The molecule has 6 nitrogen and oxygen atoms in total. The van der Waals surface area contributed by atoms with Gasteiger partial charge in [-0.05, 0) is 49.2 Å². The van der Waals surface area contributed by atoms with Crippen molar-refractivity contribution in [2.45, 2.75) is 13.3 Å². The second kappa shape index (κ2) is 9.23. The fourth-order valence-corrected chi connectivity index (χ4v) is 3.09. The Balaban J connectivity index is 1.87. The summed E-state index contributed by atoms with van der Waals surface area (Å²) >= 11 is 0. The van der Waals surface area contributed by atoms with Crippen molar-refractivity contribution >= 4 is 22.6 Å². The molecule has 0 atom stereocenters. The van der Waals surface area contributed by atoms with E-state index in [-0.39, 0.29) is 12.2 Å². The summed E-state index contributed by atoms with van der Waals surface area (Å²) in [5, 5.41) is 3.79. The number of anilines is 1. The van der Waals surface area contributed by atoms with Crippen molar-refractivity contribution < 1.29 is 23.4 Å². The number of benzene rings is 2. The van der Waals surface area contributed by atoms with E-state index in [4.69, 9.17) is 14.2 Å². The van der Waals surface area contributed by atoms with Crippen LogP contribution in [-0.2, 0) is 11.2 Å². The zero-order chi connectivity index (χ0) is 20.8. The van der Waals surface area contributed by atoms with Crippen LogP contribution in [0.5, 0.6) is 11.5 Å². The van der Waals surface area contributed by atoms with E-state index in [1.807, 2.05) is 18.2 Å². The van der Waals surface area contributed by atoms with Gasteiger partial charge in [-0.15, -0.1) is 0 Å². The van der Waals surface area contributed by atoms with Gasteiger partial charge in [-0.1, -0.05) is 6.07 Å². The fraction of sp³-hybridized carbons (Fsp3) is 0.273. The fourth-order valence-electron chi connectivity index (χ4n) is 3.09. The van der Waals surface area contributed by atoms with E-state index in [1.165, 1.54) is 18.3 Å². The first-order valence-corrected chi connectivity index (χ1v) is 9.27. The third-order valence-corrected chi connectivity index (χ3v) is 4.49. The average molecular weight is 398 g/mol. The number of carbonyl (C=O) groups excluding carboxylic acids is 1. The number of rotatable bonds is 8. The lowest BCUT2D eigenvalue weighted by molar-refractivity contribution is 0.0527. The summed E-state index contributed by atoms with van der Waals surface area (Å²) < 4.78 is 29.6. The zero-order valence-corrected chi connectivity index (χ0v) is 16.6. The lowest BCUT2D eigenvalue weighted by atomic mass is 10.1. The van der Waals surface area contributed by atoms with Crippen molar-refractivity contribution in [3.05, 3.63) is 59.5 Å². The lowest BCUT2D eigenvalue weighted by Gasteiger charge is -2.15. The highest BCUT2D eigenvalue weighted by Crippen LogP contribution is 2.29. The number of methoxy groups -OCH3 is 2.